The number of benzene rings is 1. The fraction of sp³-hybridized carbons (Fsp3) is 0.333. The number of halogens is 2. The van der Waals surface area contributed by atoms with E-state index in [0.717, 1.165) is 41.7 Å². The maximum atomic E-state index is 14.7. The lowest BCUT2D eigenvalue weighted by Crippen LogP contribution is -2.24. The summed E-state index contributed by atoms with van der Waals surface area (Å²) in [4.78, 5) is 17.1. The Morgan fingerprint density at radius 1 is 1.28 bits per heavy atom. The van der Waals surface area contributed by atoms with Crippen LogP contribution in [0.4, 0.5) is 4.39 Å². The fourth-order valence-corrected chi connectivity index (χ4v) is 4.34. The van der Waals surface area contributed by atoms with Gasteiger partial charge in [-0.1, -0.05) is 49.4 Å². The quantitative estimate of drug-likeness (QED) is 0.348. The van der Waals surface area contributed by atoms with Crippen LogP contribution in [0.25, 0.3) is 5.03 Å². The number of aromatic nitrogens is 1. The molecule has 1 aromatic carbocycles. The van der Waals surface area contributed by atoms with Gasteiger partial charge < -0.3 is 10.1 Å². The largest absolute Gasteiger partial charge is 0.374 e. The van der Waals surface area contributed by atoms with Gasteiger partial charge >= 0.3 is 0 Å². The third-order valence-corrected chi connectivity index (χ3v) is 6.75. The molecule has 1 N–H and O–H groups in total. The molecule has 1 aliphatic heterocycles. The van der Waals surface area contributed by atoms with E-state index in [1.54, 1.807) is 24.4 Å². The number of ether oxygens (including phenoxy) is 1. The van der Waals surface area contributed by atoms with Gasteiger partial charge in [0.1, 0.15) is 5.82 Å². The molecular formula is C30H34ClFN2O2. The first-order chi connectivity index (χ1) is 17.4. The van der Waals surface area contributed by atoms with Crippen molar-refractivity contribution in [3.63, 3.8) is 0 Å². The van der Waals surface area contributed by atoms with Crippen molar-refractivity contribution in [2.45, 2.75) is 59.1 Å². The van der Waals surface area contributed by atoms with Crippen molar-refractivity contribution in [1.82, 2.24) is 10.3 Å². The van der Waals surface area contributed by atoms with E-state index in [1.807, 2.05) is 26.0 Å². The summed E-state index contributed by atoms with van der Waals surface area (Å²) in [6.07, 6.45) is 14.5. The number of pyridine rings is 1. The van der Waals surface area contributed by atoms with Crippen molar-refractivity contribution < 1.29 is 13.9 Å². The number of carbonyl (C=O) groups is 1. The zero-order valence-corrected chi connectivity index (χ0v) is 22.0. The molecule has 1 amide bonds. The minimum absolute atomic E-state index is 0.0465. The van der Waals surface area contributed by atoms with Crippen molar-refractivity contribution in [3.05, 3.63) is 106 Å². The van der Waals surface area contributed by atoms with E-state index in [1.165, 1.54) is 17.8 Å². The highest BCUT2D eigenvalue weighted by atomic mass is 35.5. The SMILES string of the molecule is C=C/C(=C\C=C(/C)C1CCCO1)Cc1cncc(C(=O)NCc2cc(/C(Cl)=C\C)c(CC)cc2F)c1. The zero-order chi connectivity index (χ0) is 26.1. The van der Waals surface area contributed by atoms with E-state index in [0.29, 0.717) is 29.0 Å². The highest BCUT2D eigenvalue weighted by Gasteiger charge is 2.16. The van der Waals surface area contributed by atoms with Gasteiger partial charge in [0.15, 0.2) is 0 Å². The van der Waals surface area contributed by atoms with Crippen molar-refractivity contribution >= 4 is 22.5 Å². The second-order valence-corrected chi connectivity index (χ2v) is 9.30. The number of hydrogen-bond donors (Lipinski definition) is 1. The Kier molecular flexibility index (Phi) is 10.2. The summed E-state index contributed by atoms with van der Waals surface area (Å²) >= 11 is 6.32. The molecule has 1 atom stereocenters. The molecule has 0 aliphatic carbocycles. The van der Waals surface area contributed by atoms with E-state index in [2.05, 4.69) is 29.9 Å². The molecule has 190 valence electrons. The molecule has 1 saturated heterocycles. The maximum Gasteiger partial charge on any atom is 0.253 e. The van der Waals surface area contributed by atoms with E-state index in [9.17, 15) is 9.18 Å². The van der Waals surface area contributed by atoms with Crippen LogP contribution >= 0.6 is 11.6 Å². The summed E-state index contributed by atoms with van der Waals surface area (Å²) in [5.74, 6) is -0.685. The first kappa shape index (κ1) is 27.6. The van der Waals surface area contributed by atoms with Crippen molar-refractivity contribution in [2.24, 2.45) is 0 Å². The molecule has 3 rings (SSSR count). The van der Waals surface area contributed by atoms with Crippen molar-refractivity contribution in [3.8, 4) is 0 Å². The van der Waals surface area contributed by atoms with Crippen molar-refractivity contribution in [2.75, 3.05) is 6.61 Å². The molecule has 0 saturated carbocycles. The third-order valence-electron chi connectivity index (χ3n) is 6.33. The van der Waals surface area contributed by atoms with Gasteiger partial charge in [-0.25, -0.2) is 4.39 Å². The predicted molar refractivity (Wildman–Crippen MR) is 145 cm³/mol. The lowest BCUT2D eigenvalue weighted by molar-refractivity contribution is 0.0950. The average Bonchev–Trinajstić information content (AvgIpc) is 3.44. The van der Waals surface area contributed by atoms with Gasteiger partial charge in [0.25, 0.3) is 5.91 Å². The Bertz CT molecular complexity index is 1190. The summed E-state index contributed by atoms with van der Waals surface area (Å²) in [5, 5.41) is 3.36. The fourth-order valence-electron chi connectivity index (χ4n) is 4.17. The molecule has 6 heteroatoms. The summed E-state index contributed by atoms with van der Waals surface area (Å²) in [6.45, 7) is 10.6. The first-order valence-corrected chi connectivity index (χ1v) is 12.7. The molecule has 36 heavy (non-hydrogen) atoms. The number of hydrogen-bond acceptors (Lipinski definition) is 3. The molecule has 2 aromatic rings. The van der Waals surface area contributed by atoms with Crippen LogP contribution in [0.3, 0.4) is 0 Å². The van der Waals surface area contributed by atoms with E-state index in [4.69, 9.17) is 16.3 Å². The highest BCUT2D eigenvalue weighted by molar-refractivity contribution is 6.48. The van der Waals surface area contributed by atoms with Crippen LogP contribution < -0.4 is 5.32 Å². The number of rotatable bonds is 10. The lowest BCUT2D eigenvalue weighted by Gasteiger charge is -2.13. The molecular weight excluding hydrogens is 475 g/mol. The number of nitrogens with zero attached hydrogens (tertiary/aromatic N) is 1. The Hall–Kier alpha value is -3.02. The smallest absolute Gasteiger partial charge is 0.253 e. The van der Waals surface area contributed by atoms with E-state index >= 15 is 0 Å². The van der Waals surface area contributed by atoms with Gasteiger partial charge in [-0.3, -0.25) is 9.78 Å². The zero-order valence-electron chi connectivity index (χ0n) is 21.2. The number of allylic oxidation sites excluding steroid dienone is 5. The highest BCUT2D eigenvalue weighted by Crippen LogP contribution is 2.26. The Balaban J connectivity index is 1.69. The predicted octanol–water partition coefficient (Wildman–Crippen LogP) is 7.09. The summed E-state index contributed by atoms with van der Waals surface area (Å²) in [5.41, 5.74) is 5.49. The number of nitrogens with one attached hydrogen (secondary N) is 1. The molecule has 2 heterocycles. The molecule has 0 radical (unpaired) electrons. The van der Waals surface area contributed by atoms with Gasteiger partial charge in [0.05, 0.1) is 11.7 Å². The summed E-state index contributed by atoms with van der Waals surface area (Å²) in [7, 11) is 0. The van der Waals surface area contributed by atoms with Crippen LogP contribution in [0.1, 0.15) is 66.2 Å². The van der Waals surface area contributed by atoms with Gasteiger partial charge in [0, 0.05) is 36.1 Å². The average molecular weight is 509 g/mol. The van der Waals surface area contributed by atoms with Crippen molar-refractivity contribution in [1.29, 1.82) is 0 Å². The van der Waals surface area contributed by atoms with Crippen LogP contribution in [0.5, 0.6) is 0 Å². The van der Waals surface area contributed by atoms with Crippen LogP contribution in [-0.2, 0) is 24.1 Å². The normalized spacial score (nSPS) is 16.8. The Labute approximate surface area is 218 Å². The van der Waals surface area contributed by atoms with Crippen LogP contribution in [0, 0.1) is 5.82 Å². The van der Waals surface area contributed by atoms with Gasteiger partial charge in [-0.05, 0) is 85.6 Å². The summed E-state index contributed by atoms with van der Waals surface area (Å²) in [6, 6.07) is 5.00. The van der Waals surface area contributed by atoms with Gasteiger partial charge in [0.2, 0.25) is 0 Å². The lowest BCUT2D eigenvalue weighted by atomic mass is 10.0. The number of carbonyl (C=O) groups excluding carboxylic acids is 1. The van der Waals surface area contributed by atoms with E-state index < -0.39 is 0 Å². The van der Waals surface area contributed by atoms with Gasteiger partial charge in [-0.2, -0.15) is 0 Å². The second-order valence-electron chi connectivity index (χ2n) is 8.89. The van der Waals surface area contributed by atoms with Crippen LogP contribution in [0.15, 0.2) is 72.6 Å². The minimum atomic E-state index is -0.365. The Morgan fingerprint density at radius 3 is 2.75 bits per heavy atom. The molecule has 1 unspecified atom stereocenters. The van der Waals surface area contributed by atoms with E-state index in [-0.39, 0.29) is 24.4 Å². The first-order valence-electron chi connectivity index (χ1n) is 12.3. The molecule has 1 aromatic heterocycles. The monoisotopic (exact) mass is 508 g/mol. The third kappa shape index (κ3) is 7.25. The standard InChI is InChI=1S/C30H34ClFN2O2/c1-5-21(11-10-20(4)29-9-8-12-36-29)13-22-14-25(18-33-17-22)30(35)34-19-24-15-26(27(31)7-3)23(6-2)16-28(24)32/h5,7,10-11,14-18,29H,1,6,8-9,12-13,19H2,2-4H3,(H,34,35)/b20-10+,21-11+,27-7+. The topological polar surface area (TPSA) is 51.2 Å². The second kappa shape index (κ2) is 13.3. The molecule has 1 aliphatic rings. The number of aryl methyl sites for hydroxylation is 1. The van der Waals surface area contributed by atoms with Crippen LogP contribution in [0.2, 0.25) is 0 Å². The van der Waals surface area contributed by atoms with Crippen LogP contribution in [-0.4, -0.2) is 23.6 Å². The Morgan fingerprint density at radius 2 is 2.08 bits per heavy atom. The molecule has 4 nitrogen and oxygen atoms in total. The van der Waals surface area contributed by atoms with Gasteiger partial charge in [-0.15, -0.1) is 0 Å². The molecule has 0 bridgehead atoms. The molecule has 1 fully saturated rings. The minimum Gasteiger partial charge on any atom is -0.374 e. The molecule has 0 spiro atoms. The maximum absolute atomic E-state index is 14.7. The number of amides is 1. The summed E-state index contributed by atoms with van der Waals surface area (Å²) < 4.78 is 20.4.